The van der Waals surface area contributed by atoms with Gasteiger partial charge in [0.1, 0.15) is 5.56 Å². The third kappa shape index (κ3) is 2.32. The van der Waals surface area contributed by atoms with Gasteiger partial charge in [-0.25, -0.2) is 14.5 Å². The number of carbonyl (C=O) groups excluding carboxylic acids is 1. The summed E-state index contributed by atoms with van der Waals surface area (Å²) in [4.78, 5) is 19.1. The van der Waals surface area contributed by atoms with E-state index in [9.17, 15) is 4.79 Å². The molecule has 0 atom stereocenters. The SMILES string of the molecule is CCOC(=O)c1cnc2c(c(C)nn2CC)c1N1CCCC1. The molecule has 0 unspecified atom stereocenters. The van der Waals surface area contributed by atoms with Crippen LogP contribution in [-0.4, -0.2) is 40.4 Å². The molecule has 3 heterocycles. The Morgan fingerprint density at radius 1 is 1.32 bits per heavy atom. The molecule has 22 heavy (non-hydrogen) atoms. The molecular weight excluding hydrogens is 280 g/mol. The Morgan fingerprint density at radius 2 is 2.05 bits per heavy atom. The van der Waals surface area contributed by atoms with Crippen LogP contribution in [0.1, 0.15) is 42.7 Å². The van der Waals surface area contributed by atoms with Crippen LogP contribution in [0.25, 0.3) is 11.0 Å². The molecule has 1 fully saturated rings. The number of nitrogens with zero attached hydrogens (tertiary/aromatic N) is 4. The van der Waals surface area contributed by atoms with Crippen molar-refractivity contribution in [1.82, 2.24) is 14.8 Å². The van der Waals surface area contributed by atoms with Crippen LogP contribution in [0, 0.1) is 6.92 Å². The second-order valence-corrected chi connectivity index (χ2v) is 5.53. The minimum atomic E-state index is -0.303. The van der Waals surface area contributed by atoms with Crippen molar-refractivity contribution >= 4 is 22.7 Å². The van der Waals surface area contributed by atoms with Crippen LogP contribution in [0.4, 0.5) is 5.69 Å². The molecule has 3 rings (SSSR count). The fourth-order valence-electron chi connectivity index (χ4n) is 3.15. The average molecular weight is 302 g/mol. The van der Waals surface area contributed by atoms with Crippen molar-refractivity contribution in [2.75, 3.05) is 24.6 Å². The largest absolute Gasteiger partial charge is 0.462 e. The number of carbonyl (C=O) groups is 1. The van der Waals surface area contributed by atoms with E-state index in [1.165, 1.54) is 0 Å². The summed E-state index contributed by atoms with van der Waals surface area (Å²) in [6.45, 7) is 8.89. The first-order valence-corrected chi connectivity index (χ1v) is 7.95. The van der Waals surface area contributed by atoms with Crippen molar-refractivity contribution in [1.29, 1.82) is 0 Å². The molecule has 118 valence electrons. The van der Waals surface area contributed by atoms with Gasteiger partial charge in [-0.1, -0.05) is 0 Å². The lowest BCUT2D eigenvalue weighted by atomic mass is 10.1. The van der Waals surface area contributed by atoms with E-state index < -0.39 is 0 Å². The lowest BCUT2D eigenvalue weighted by molar-refractivity contribution is 0.0527. The third-order valence-corrected chi connectivity index (χ3v) is 4.13. The van der Waals surface area contributed by atoms with E-state index in [1.54, 1.807) is 6.20 Å². The van der Waals surface area contributed by atoms with Gasteiger partial charge in [-0.15, -0.1) is 0 Å². The molecule has 0 bridgehead atoms. The van der Waals surface area contributed by atoms with Crippen LogP contribution < -0.4 is 4.90 Å². The second-order valence-electron chi connectivity index (χ2n) is 5.53. The summed E-state index contributed by atoms with van der Waals surface area (Å²) in [5.74, 6) is -0.303. The molecule has 0 radical (unpaired) electrons. The smallest absolute Gasteiger partial charge is 0.341 e. The number of aromatic nitrogens is 3. The standard InChI is InChI=1S/C16H22N4O2/c1-4-20-15-13(11(3)18-20)14(19-8-6-7-9-19)12(10-17-15)16(21)22-5-2/h10H,4-9H2,1-3H3. The van der Waals surface area contributed by atoms with Gasteiger partial charge in [-0.2, -0.15) is 5.10 Å². The second kappa shape index (κ2) is 5.94. The monoisotopic (exact) mass is 302 g/mol. The Morgan fingerprint density at radius 3 is 2.68 bits per heavy atom. The number of hydrogen-bond donors (Lipinski definition) is 0. The van der Waals surface area contributed by atoms with E-state index in [4.69, 9.17) is 4.74 Å². The van der Waals surface area contributed by atoms with Crippen LogP contribution in [0.3, 0.4) is 0 Å². The highest BCUT2D eigenvalue weighted by Gasteiger charge is 2.26. The molecule has 0 saturated carbocycles. The normalized spacial score (nSPS) is 14.8. The van der Waals surface area contributed by atoms with Crippen LogP contribution in [0.5, 0.6) is 0 Å². The van der Waals surface area contributed by atoms with Crippen LogP contribution in [0.15, 0.2) is 6.20 Å². The van der Waals surface area contributed by atoms with E-state index in [-0.39, 0.29) is 5.97 Å². The van der Waals surface area contributed by atoms with Crippen molar-refractivity contribution < 1.29 is 9.53 Å². The lowest BCUT2D eigenvalue weighted by Gasteiger charge is -2.21. The number of ether oxygens (including phenoxy) is 1. The van der Waals surface area contributed by atoms with Crippen molar-refractivity contribution in [2.24, 2.45) is 0 Å². The van der Waals surface area contributed by atoms with Gasteiger partial charge in [0.05, 0.1) is 23.4 Å². The first-order valence-electron chi connectivity index (χ1n) is 7.95. The Bertz CT molecular complexity index is 702. The molecule has 0 N–H and O–H groups in total. The summed E-state index contributed by atoms with van der Waals surface area (Å²) in [5, 5.41) is 5.54. The molecule has 0 amide bonds. The highest BCUT2D eigenvalue weighted by molar-refractivity contribution is 6.05. The van der Waals surface area contributed by atoms with Gasteiger partial charge >= 0.3 is 5.97 Å². The zero-order valence-corrected chi connectivity index (χ0v) is 13.4. The van der Waals surface area contributed by atoms with E-state index in [2.05, 4.69) is 15.0 Å². The van der Waals surface area contributed by atoms with E-state index in [0.717, 1.165) is 54.9 Å². The fraction of sp³-hybridized carbons (Fsp3) is 0.562. The van der Waals surface area contributed by atoms with Gasteiger partial charge in [-0.3, -0.25) is 0 Å². The number of rotatable bonds is 4. The number of pyridine rings is 1. The quantitative estimate of drug-likeness (QED) is 0.812. The molecule has 0 aliphatic carbocycles. The molecule has 2 aromatic rings. The van der Waals surface area contributed by atoms with Crippen LogP contribution in [0.2, 0.25) is 0 Å². The van der Waals surface area contributed by atoms with Gasteiger partial charge in [-0.05, 0) is 33.6 Å². The van der Waals surface area contributed by atoms with Crippen LogP contribution >= 0.6 is 0 Å². The summed E-state index contributed by atoms with van der Waals surface area (Å²) < 4.78 is 7.11. The molecule has 6 nitrogen and oxygen atoms in total. The van der Waals surface area contributed by atoms with Gasteiger partial charge in [0, 0.05) is 25.8 Å². The molecule has 0 spiro atoms. The highest BCUT2D eigenvalue weighted by Crippen LogP contribution is 2.34. The number of hydrogen-bond acceptors (Lipinski definition) is 5. The Hall–Kier alpha value is -2.11. The minimum absolute atomic E-state index is 0.303. The minimum Gasteiger partial charge on any atom is -0.462 e. The summed E-state index contributed by atoms with van der Waals surface area (Å²) >= 11 is 0. The third-order valence-electron chi connectivity index (χ3n) is 4.13. The van der Waals surface area contributed by atoms with Crippen molar-refractivity contribution in [3.05, 3.63) is 17.5 Å². The van der Waals surface area contributed by atoms with Crippen molar-refractivity contribution in [2.45, 2.75) is 40.2 Å². The molecule has 2 aromatic heterocycles. The van der Waals surface area contributed by atoms with E-state index in [1.807, 2.05) is 25.5 Å². The molecule has 1 aliphatic rings. The molecule has 6 heteroatoms. The maximum absolute atomic E-state index is 12.3. The summed E-state index contributed by atoms with van der Waals surface area (Å²) in [6.07, 6.45) is 3.93. The van der Waals surface area contributed by atoms with Gasteiger partial charge in [0.2, 0.25) is 0 Å². The predicted octanol–water partition coefficient (Wildman–Crippen LogP) is 2.54. The molecule has 1 aliphatic heterocycles. The molecular formula is C16H22N4O2. The van der Waals surface area contributed by atoms with Crippen molar-refractivity contribution in [3.63, 3.8) is 0 Å². The zero-order chi connectivity index (χ0) is 15.7. The maximum atomic E-state index is 12.3. The number of fused-ring (bicyclic) bond motifs is 1. The topological polar surface area (TPSA) is 60.2 Å². The summed E-state index contributed by atoms with van der Waals surface area (Å²) in [7, 11) is 0. The summed E-state index contributed by atoms with van der Waals surface area (Å²) in [6, 6.07) is 0. The van der Waals surface area contributed by atoms with Gasteiger partial charge < -0.3 is 9.64 Å². The van der Waals surface area contributed by atoms with Crippen molar-refractivity contribution in [3.8, 4) is 0 Å². The average Bonchev–Trinajstić information content (AvgIpc) is 3.15. The number of esters is 1. The van der Waals surface area contributed by atoms with Gasteiger partial charge in [0.15, 0.2) is 5.65 Å². The first kappa shape index (κ1) is 14.8. The lowest BCUT2D eigenvalue weighted by Crippen LogP contribution is -2.22. The van der Waals surface area contributed by atoms with Crippen LogP contribution in [-0.2, 0) is 11.3 Å². The van der Waals surface area contributed by atoms with E-state index in [0.29, 0.717) is 12.2 Å². The molecule has 0 aromatic carbocycles. The zero-order valence-electron chi connectivity index (χ0n) is 13.4. The Labute approximate surface area is 130 Å². The fourth-order valence-corrected chi connectivity index (χ4v) is 3.15. The Balaban J connectivity index is 2.24. The first-order chi connectivity index (χ1) is 10.7. The van der Waals surface area contributed by atoms with E-state index >= 15 is 0 Å². The highest BCUT2D eigenvalue weighted by atomic mass is 16.5. The number of aryl methyl sites for hydroxylation is 2. The Kier molecular flexibility index (Phi) is 4.00. The number of anilines is 1. The molecule has 1 saturated heterocycles. The maximum Gasteiger partial charge on any atom is 0.341 e. The predicted molar refractivity (Wildman–Crippen MR) is 85.3 cm³/mol. The summed E-state index contributed by atoms with van der Waals surface area (Å²) in [5.41, 5.74) is 3.25. The van der Waals surface area contributed by atoms with Gasteiger partial charge in [0.25, 0.3) is 0 Å².